The fourth-order valence-corrected chi connectivity index (χ4v) is 4.29. The second-order valence-electron chi connectivity index (χ2n) is 8.93. The van der Waals surface area contributed by atoms with E-state index in [0.29, 0.717) is 29.9 Å². The van der Waals surface area contributed by atoms with Gasteiger partial charge in [-0.25, -0.2) is 23.0 Å². The third-order valence-electron chi connectivity index (χ3n) is 5.64. The first-order valence-electron chi connectivity index (χ1n) is 11.8. The van der Waals surface area contributed by atoms with Gasteiger partial charge in [0.25, 0.3) is 0 Å². The number of H-pyrrole nitrogens is 1. The van der Waals surface area contributed by atoms with Gasteiger partial charge in [-0.15, -0.1) is 0 Å². The van der Waals surface area contributed by atoms with Crippen molar-refractivity contribution in [2.45, 2.75) is 19.6 Å². The normalized spacial score (nSPS) is 11.6. The average Bonchev–Trinajstić information content (AvgIpc) is 3.25. The van der Waals surface area contributed by atoms with E-state index < -0.39 is 28.0 Å². The van der Waals surface area contributed by atoms with Crippen LogP contribution < -0.4 is 5.32 Å². The van der Waals surface area contributed by atoms with E-state index in [1.54, 1.807) is 13.0 Å². The van der Waals surface area contributed by atoms with Crippen molar-refractivity contribution in [3.8, 4) is 22.3 Å². The summed E-state index contributed by atoms with van der Waals surface area (Å²) < 4.78 is 54.2. The van der Waals surface area contributed by atoms with E-state index in [1.807, 2.05) is 48.5 Å². The number of halogens is 3. The van der Waals surface area contributed by atoms with Gasteiger partial charge in [-0.2, -0.15) is 13.2 Å². The monoisotopic (exact) mass is 577 g/mol. The molecule has 0 amide bonds. The van der Waals surface area contributed by atoms with Gasteiger partial charge in [-0.05, 0) is 52.9 Å². The largest absolute Gasteiger partial charge is 0.490 e. The summed E-state index contributed by atoms with van der Waals surface area (Å²) in [6.07, 6.45) is -3.85. The number of hydrogen-bond acceptors (Lipinski definition) is 6. The number of benzene rings is 3. The number of fused-ring (bicyclic) bond motifs is 1. The van der Waals surface area contributed by atoms with E-state index in [1.165, 1.54) is 6.26 Å². The predicted molar refractivity (Wildman–Crippen MR) is 144 cm³/mol. The van der Waals surface area contributed by atoms with E-state index in [2.05, 4.69) is 21.4 Å². The van der Waals surface area contributed by atoms with Crippen molar-refractivity contribution < 1.29 is 41.4 Å². The molecule has 0 fully saturated rings. The topological polar surface area (TPSA) is 149 Å². The van der Waals surface area contributed by atoms with Crippen LogP contribution in [0.4, 0.5) is 13.2 Å². The molecule has 0 atom stereocenters. The lowest BCUT2D eigenvalue weighted by molar-refractivity contribution is -0.192. The number of aromatic amines is 1. The third kappa shape index (κ3) is 8.38. The summed E-state index contributed by atoms with van der Waals surface area (Å²) >= 11 is 0. The van der Waals surface area contributed by atoms with Crippen molar-refractivity contribution in [1.29, 1.82) is 0 Å². The minimum Gasteiger partial charge on any atom is -0.478 e. The van der Waals surface area contributed by atoms with Crippen LogP contribution in [0.3, 0.4) is 0 Å². The molecule has 1 aromatic heterocycles. The van der Waals surface area contributed by atoms with E-state index in [9.17, 15) is 31.5 Å². The minimum atomic E-state index is -5.08. The van der Waals surface area contributed by atoms with Gasteiger partial charge in [0.2, 0.25) is 0 Å². The zero-order valence-corrected chi connectivity index (χ0v) is 22.2. The lowest BCUT2D eigenvalue weighted by Gasteiger charge is -2.09. The maximum atomic E-state index is 11.7. The van der Waals surface area contributed by atoms with Crippen molar-refractivity contribution in [3.05, 3.63) is 77.6 Å². The van der Waals surface area contributed by atoms with Crippen molar-refractivity contribution in [2.75, 3.05) is 18.6 Å². The Morgan fingerprint density at radius 2 is 1.55 bits per heavy atom. The van der Waals surface area contributed by atoms with Crippen molar-refractivity contribution in [2.24, 2.45) is 0 Å². The number of aromatic carboxylic acids is 1. The Bertz CT molecular complexity index is 1630. The fourth-order valence-electron chi connectivity index (χ4n) is 3.78. The molecule has 40 heavy (non-hydrogen) atoms. The summed E-state index contributed by atoms with van der Waals surface area (Å²) in [6, 6.07) is 19.6. The molecule has 0 aliphatic carbocycles. The highest BCUT2D eigenvalue weighted by Crippen LogP contribution is 2.29. The minimum absolute atomic E-state index is 0.113. The molecule has 13 heteroatoms. The van der Waals surface area contributed by atoms with Crippen LogP contribution in [0.1, 0.15) is 21.7 Å². The number of nitrogens with one attached hydrogen (secondary N) is 2. The predicted octanol–water partition coefficient (Wildman–Crippen LogP) is 4.67. The summed E-state index contributed by atoms with van der Waals surface area (Å²) in [4.78, 5) is 28.1. The molecule has 4 N–H and O–H groups in total. The number of carboxylic acid groups (broad SMARTS) is 2. The number of rotatable bonds is 8. The second-order valence-corrected chi connectivity index (χ2v) is 11.2. The third-order valence-corrected chi connectivity index (χ3v) is 6.58. The number of carboxylic acids is 2. The smallest absolute Gasteiger partial charge is 0.478 e. The molecule has 0 bridgehead atoms. The van der Waals surface area contributed by atoms with Gasteiger partial charge in [0.15, 0.2) is 0 Å². The van der Waals surface area contributed by atoms with Crippen LogP contribution in [0.25, 0.3) is 33.3 Å². The fraction of sp³-hybridized carbons (Fsp3) is 0.222. The number of aliphatic carboxylic acids is 1. The Morgan fingerprint density at radius 3 is 2.10 bits per heavy atom. The molecule has 0 radical (unpaired) electrons. The number of sulfone groups is 1. The van der Waals surface area contributed by atoms with Gasteiger partial charge >= 0.3 is 18.1 Å². The van der Waals surface area contributed by atoms with E-state index in [4.69, 9.17) is 9.90 Å². The number of nitrogens with zero attached hydrogens (tertiary/aromatic N) is 1. The summed E-state index contributed by atoms with van der Waals surface area (Å²) in [5.74, 6) is -2.98. The Hall–Kier alpha value is -4.23. The Labute approximate surface area is 227 Å². The number of alkyl halides is 3. The summed E-state index contributed by atoms with van der Waals surface area (Å²) in [7, 11) is -2.98. The maximum Gasteiger partial charge on any atom is 0.490 e. The first-order chi connectivity index (χ1) is 18.6. The van der Waals surface area contributed by atoms with Gasteiger partial charge in [0.05, 0.1) is 16.8 Å². The van der Waals surface area contributed by atoms with Crippen LogP contribution in [0, 0.1) is 6.92 Å². The number of imidazole rings is 1. The molecule has 4 rings (SSSR count). The molecular formula is C27H26F3N3O6S. The van der Waals surface area contributed by atoms with Crippen LogP contribution in [-0.4, -0.2) is 65.3 Å². The number of aryl methyl sites for hydroxylation is 1. The van der Waals surface area contributed by atoms with E-state index >= 15 is 0 Å². The van der Waals surface area contributed by atoms with Gasteiger partial charge in [-0.1, -0.05) is 42.5 Å². The van der Waals surface area contributed by atoms with Crippen LogP contribution in [0.15, 0.2) is 60.7 Å². The van der Waals surface area contributed by atoms with Crippen molar-refractivity contribution >= 4 is 32.8 Å². The van der Waals surface area contributed by atoms with Crippen LogP contribution >= 0.6 is 0 Å². The van der Waals surface area contributed by atoms with E-state index in [0.717, 1.165) is 27.8 Å². The maximum absolute atomic E-state index is 11.7. The molecule has 0 spiro atoms. The lowest BCUT2D eigenvalue weighted by atomic mass is 9.97. The number of aromatic nitrogens is 2. The Kier molecular flexibility index (Phi) is 9.32. The quantitative estimate of drug-likeness (QED) is 0.221. The Balaban J connectivity index is 0.000000559. The van der Waals surface area contributed by atoms with Crippen LogP contribution in [0.2, 0.25) is 0 Å². The molecule has 0 saturated carbocycles. The van der Waals surface area contributed by atoms with Crippen LogP contribution in [0.5, 0.6) is 0 Å². The highest BCUT2D eigenvalue weighted by atomic mass is 32.2. The molecule has 0 unspecified atom stereocenters. The van der Waals surface area contributed by atoms with Gasteiger partial charge < -0.3 is 20.5 Å². The molecule has 4 aromatic rings. The molecule has 212 valence electrons. The van der Waals surface area contributed by atoms with Gasteiger partial charge in [0, 0.05) is 19.3 Å². The molecule has 0 saturated heterocycles. The zero-order chi connectivity index (χ0) is 29.7. The molecule has 0 aliphatic heterocycles. The highest BCUT2D eigenvalue weighted by Gasteiger charge is 2.38. The average molecular weight is 578 g/mol. The highest BCUT2D eigenvalue weighted by molar-refractivity contribution is 7.90. The molecular weight excluding hydrogens is 551 g/mol. The summed E-state index contributed by atoms with van der Waals surface area (Å²) in [5.41, 5.74) is 6.20. The summed E-state index contributed by atoms with van der Waals surface area (Å²) in [5, 5.41) is 19.9. The van der Waals surface area contributed by atoms with Crippen LogP contribution in [-0.2, 0) is 21.2 Å². The van der Waals surface area contributed by atoms with E-state index in [-0.39, 0.29) is 11.3 Å². The SMILES string of the molecule is Cc1nc2c(C(=O)O)cc(-c3ccc(-c4cccc(CNCCS(C)(=O)=O)c4)cc3)cc2[nH]1.O=C(O)C(F)(F)F. The second kappa shape index (κ2) is 12.3. The first kappa shape index (κ1) is 30.3. The van der Waals surface area contributed by atoms with Crippen molar-refractivity contribution in [1.82, 2.24) is 15.3 Å². The van der Waals surface area contributed by atoms with Gasteiger partial charge in [-0.3, -0.25) is 0 Å². The summed E-state index contributed by atoms with van der Waals surface area (Å²) in [6.45, 7) is 2.80. The molecule has 0 aliphatic rings. The first-order valence-corrected chi connectivity index (χ1v) is 13.8. The lowest BCUT2D eigenvalue weighted by Crippen LogP contribution is -2.21. The molecule has 9 nitrogen and oxygen atoms in total. The standard InChI is InChI=1S/C25H25N3O4S.C2HF3O2/c1-16-27-23-14-21(13-22(25(29)30)24(23)28-16)19-8-6-18(7-9-19)20-5-3-4-17(12-20)15-26-10-11-33(2,31)32;3-2(4,5)1(6)7/h3-9,12-14,26H,10-11,15H2,1-2H3,(H,27,28)(H,29,30);(H,6,7). The molecule has 1 heterocycles. The van der Waals surface area contributed by atoms with Crippen molar-refractivity contribution in [3.63, 3.8) is 0 Å². The molecule has 3 aromatic carbocycles. The number of hydrogen-bond donors (Lipinski definition) is 4. The zero-order valence-electron chi connectivity index (χ0n) is 21.4. The Morgan fingerprint density at radius 1 is 0.950 bits per heavy atom. The van der Waals surface area contributed by atoms with Gasteiger partial charge in [0.1, 0.15) is 21.2 Å². The number of carbonyl (C=O) groups is 2.